The van der Waals surface area contributed by atoms with E-state index in [1.807, 2.05) is 26.0 Å². The zero-order valence-electron chi connectivity index (χ0n) is 18.1. The molecule has 1 rings (SSSR count). The van der Waals surface area contributed by atoms with Crippen LogP contribution in [0.2, 0.25) is 0 Å². The van der Waals surface area contributed by atoms with Crippen molar-refractivity contribution in [1.29, 1.82) is 0 Å². The van der Waals surface area contributed by atoms with Crippen molar-refractivity contribution in [3.63, 3.8) is 0 Å². The van der Waals surface area contributed by atoms with Crippen LogP contribution in [0.5, 0.6) is 17.2 Å². The summed E-state index contributed by atoms with van der Waals surface area (Å²) in [7, 11) is 1.78. The molecule has 1 atom stereocenters. The third-order valence-corrected chi connectivity index (χ3v) is 5.06. The van der Waals surface area contributed by atoms with E-state index in [0.717, 1.165) is 5.56 Å². The van der Waals surface area contributed by atoms with Gasteiger partial charge in [0.1, 0.15) is 9.84 Å². The van der Waals surface area contributed by atoms with Crippen LogP contribution in [0.3, 0.4) is 0 Å². The molecule has 0 amide bonds. The van der Waals surface area contributed by atoms with Gasteiger partial charge in [-0.3, -0.25) is 4.99 Å². The van der Waals surface area contributed by atoms with Gasteiger partial charge in [0.2, 0.25) is 5.75 Å². The smallest absolute Gasteiger partial charge is 0.203 e. The van der Waals surface area contributed by atoms with Gasteiger partial charge in [-0.05, 0) is 32.8 Å². The van der Waals surface area contributed by atoms with E-state index in [0.29, 0.717) is 49.1 Å². The predicted molar refractivity (Wildman–Crippen MR) is 128 cm³/mol. The molecule has 1 unspecified atom stereocenters. The molecule has 29 heavy (non-hydrogen) atoms. The maximum Gasteiger partial charge on any atom is 0.203 e. The fraction of sp³-hybridized carbons (Fsp3) is 0.632. The van der Waals surface area contributed by atoms with Crippen LogP contribution in [0.25, 0.3) is 0 Å². The number of sulfone groups is 1. The van der Waals surface area contributed by atoms with Gasteiger partial charge in [0.25, 0.3) is 0 Å². The third kappa shape index (κ3) is 9.75. The Kier molecular flexibility index (Phi) is 13.1. The Morgan fingerprint density at radius 3 is 2.31 bits per heavy atom. The largest absolute Gasteiger partial charge is 0.493 e. The molecule has 0 aliphatic rings. The fourth-order valence-electron chi connectivity index (χ4n) is 2.66. The minimum absolute atomic E-state index is 0. The molecule has 8 nitrogen and oxygen atoms in total. The first-order chi connectivity index (χ1) is 13.3. The van der Waals surface area contributed by atoms with E-state index in [1.54, 1.807) is 21.3 Å². The van der Waals surface area contributed by atoms with Crippen LogP contribution < -0.4 is 24.8 Å². The van der Waals surface area contributed by atoms with Crippen molar-refractivity contribution in [1.82, 2.24) is 10.6 Å². The summed E-state index contributed by atoms with van der Waals surface area (Å²) < 4.78 is 38.9. The quantitative estimate of drug-likeness (QED) is 0.251. The lowest BCUT2D eigenvalue weighted by molar-refractivity contribution is 0.322. The Morgan fingerprint density at radius 2 is 1.79 bits per heavy atom. The number of rotatable bonds is 11. The molecule has 0 saturated heterocycles. The molecule has 0 fully saturated rings. The highest BCUT2D eigenvalue weighted by Gasteiger charge is 2.15. The van der Waals surface area contributed by atoms with E-state index in [-0.39, 0.29) is 35.8 Å². The van der Waals surface area contributed by atoms with Crippen molar-refractivity contribution in [3.05, 3.63) is 17.7 Å². The Bertz CT molecular complexity index is 756. The third-order valence-electron chi connectivity index (χ3n) is 4.09. The molecule has 10 heteroatoms. The van der Waals surface area contributed by atoms with Gasteiger partial charge in [-0.15, -0.1) is 24.0 Å². The number of methoxy groups -OCH3 is 3. The van der Waals surface area contributed by atoms with E-state index in [4.69, 9.17) is 14.2 Å². The van der Waals surface area contributed by atoms with Crippen molar-refractivity contribution in [2.45, 2.75) is 32.7 Å². The van der Waals surface area contributed by atoms with Crippen LogP contribution in [0, 0.1) is 0 Å². The van der Waals surface area contributed by atoms with Gasteiger partial charge >= 0.3 is 0 Å². The number of hydrogen-bond acceptors (Lipinski definition) is 6. The summed E-state index contributed by atoms with van der Waals surface area (Å²) in [6.45, 7) is 5.16. The number of guanidine groups is 1. The lowest BCUT2D eigenvalue weighted by Gasteiger charge is -2.18. The molecular formula is C19H34IN3O5S. The maximum absolute atomic E-state index is 11.3. The first-order valence-electron chi connectivity index (χ1n) is 9.26. The Morgan fingerprint density at radius 1 is 1.14 bits per heavy atom. The van der Waals surface area contributed by atoms with Crippen LogP contribution in [-0.4, -0.2) is 66.8 Å². The SMILES string of the molecule is CCNC(=NCCc1ccc(OC)c(OC)c1OC)NC(C)CCS(C)(=O)=O.I. The highest BCUT2D eigenvalue weighted by Crippen LogP contribution is 2.39. The van der Waals surface area contributed by atoms with Crippen LogP contribution in [0.1, 0.15) is 25.8 Å². The number of hydrogen-bond donors (Lipinski definition) is 2. The monoisotopic (exact) mass is 543 g/mol. The van der Waals surface area contributed by atoms with E-state index in [9.17, 15) is 8.42 Å². The molecule has 1 aromatic carbocycles. The number of halogens is 1. The lowest BCUT2D eigenvalue weighted by Crippen LogP contribution is -2.43. The molecule has 0 aliphatic carbocycles. The minimum Gasteiger partial charge on any atom is -0.493 e. The molecule has 0 aromatic heterocycles. The second-order valence-corrected chi connectivity index (χ2v) is 8.73. The Balaban J connectivity index is 0.00000784. The zero-order valence-corrected chi connectivity index (χ0v) is 21.2. The average Bonchev–Trinajstić information content (AvgIpc) is 2.65. The van der Waals surface area contributed by atoms with E-state index in [1.165, 1.54) is 6.26 Å². The highest BCUT2D eigenvalue weighted by molar-refractivity contribution is 14.0. The van der Waals surface area contributed by atoms with Crippen molar-refractivity contribution >= 4 is 39.8 Å². The van der Waals surface area contributed by atoms with Crippen molar-refractivity contribution in [2.24, 2.45) is 4.99 Å². The molecule has 0 radical (unpaired) electrons. The molecule has 1 aromatic rings. The van der Waals surface area contributed by atoms with Gasteiger partial charge < -0.3 is 24.8 Å². The van der Waals surface area contributed by atoms with Crippen molar-refractivity contribution in [2.75, 3.05) is 46.4 Å². The number of nitrogens with one attached hydrogen (secondary N) is 2. The number of aliphatic imine (C=N–C) groups is 1. The van der Waals surface area contributed by atoms with Crippen LogP contribution in [0.4, 0.5) is 0 Å². The second-order valence-electron chi connectivity index (χ2n) is 6.47. The van der Waals surface area contributed by atoms with Gasteiger partial charge in [-0.1, -0.05) is 6.07 Å². The molecule has 0 aliphatic heterocycles. The highest BCUT2D eigenvalue weighted by atomic mass is 127. The summed E-state index contributed by atoms with van der Waals surface area (Å²) in [4.78, 5) is 4.58. The fourth-order valence-corrected chi connectivity index (χ4v) is 3.45. The zero-order chi connectivity index (χ0) is 21.2. The summed E-state index contributed by atoms with van der Waals surface area (Å²) in [5.41, 5.74) is 0.963. The second kappa shape index (κ2) is 13.7. The molecule has 0 spiro atoms. The van der Waals surface area contributed by atoms with Crippen molar-refractivity contribution in [3.8, 4) is 17.2 Å². The van der Waals surface area contributed by atoms with Gasteiger partial charge in [0, 0.05) is 31.0 Å². The standard InChI is InChI=1S/C19H33N3O5S.HI/c1-7-20-19(22-14(2)11-13-28(6,23)24)21-12-10-15-8-9-16(25-3)18(27-5)17(15)26-4;/h8-9,14H,7,10-13H2,1-6H3,(H2,20,21,22);1H. The van der Waals surface area contributed by atoms with Gasteiger partial charge in [0.15, 0.2) is 17.5 Å². The van der Waals surface area contributed by atoms with Crippen LogP contribution in [-0.2, 0) is 16.3 Å². The number of benzene rings is 1. The van der Waals surface area contributed by atoms with E-state index in [2.05, 4.69) is 15.6 Å². The number of nitrogens with zero attached hydrogens (tertiary/aromatic N) is 1. The maximum atomic E-state index is 11.3. The summed E-state index contributed by atoms with van der Waals surface area (Å²) in [6.07, 6.45) is 2.42. The first-order valence-corrected chi connectivity index (χ1v) is 11.3. The predicted octanol–water partition coefficient (Wildman–Crippen LogP) is 2.25. The minimum atomic E-state index is -2.98. The van der Waals surface area contributed by atoms with E-state index < -0.39 is 9.84 Å². The normalized spacial score (nSPS) is 12.6. The summed E-state index contributed by atoms with van der Waals surface area (Å²) in [5.74, 6) is 2.61. The van der Waals surface area contributed by atoms with Gasteiger partial charge in [-0.2, -0.15) is 0 Å². The van der Waals surface area contributed by atoms with Gasteiger partial charge in [-0.25, -0.2) is 8.42 Å². The lowest BCUT2D eigenvalue weighted by atomic mass is 10.1. The van der Waals surface area contributed by atoms with E-state index >= 15 is 0 Å². The topological polar surface area (TPSA) is 98.2 Å². The molecule has 0 saturated carbocycles. The average molecular weight is 543 g/mol. The molecule has 0 heterocycles. The van der Waals surface area contributed by atoms with Gasteiger partial charge in [0.05, 0.1) is 27.1 Å². The Hall–Kier alpha value is -1.43. The Labute approximate surface area is 191 Å². The first kappa shape index (κ1) is 27.6. The van der Waals surface area contributed by atoms with Crippen LogP contribution >= 0.6 is 24.0 Å². The van der Waals surface area contributed by atoms with Crippen molar-refractivity contribution < 1.29 is 22.6 Å². The molecule has 2 N–H and O–H groups in total. The van der Waals surface area contributed by atoms with Crippen LogP contribution in [0.15, 0.2) is 17.1 Å². The summed E-state index contributed by atoms with van der Waals surface area (Å²) >= 11 is 0. The number of ether oxygens (including phenoxy) is 3. The molecule has 0 bridgehead atoms. The summed E-state index contributed by atoms with van der Waals surface area (Å²) in [5, 5.41) is 6.42. The summed E-state index contributed by atoms with van der Waals surface area (Å²) in [6, 6.07) is 3.77. The molecular weight excluding hydrogens is 509 g/mol. The molecule has 168 valence electrons.